The third-order valence-corrected chi connectivity index (χ3v) is 3.13. The number of hydrogen-bond donors (Lipinski definition) is 1. The number of rotatable bonds is 5. The molecule has 0 spiro atoms. The van der Waals surface area contributed by atoms with Crippen molar-refractivity contribution in [2.24, 2.45) is 0 Å². The van der Waals surface area contributed by atoms with Crippen LogP contribution in [0.2, 0.25) is 0 Å². The smallest absolute Gasteiger partial charge is 0.245 e. The first-order valence-electron chi connectivity index (χ1n) is 5.58. The maximum atomic E-state index is 5.25. The molecule has 19 heavy (non-hydrogen) atoms. The topological polar surface area (TPSA) is 69.4 Å². The van der Waals surface area contributed by atoms with Gasteiger partial charge in [0.15, 0.2) is 17.3 Å². The van der Waals surface area contributed by atoms with Gasteiger partial charge in [0.2, 0.25) is 5.89 Å². The van der Waals surface area contributed by atoms with Gasteiger partial charge in [-0.05, 0) is 22.9 Å². The second kappa shape index (κ2) is 5.92. The van der Waals surface area contributed by atoms with Crippen LogP contribution in [-0.4, -0.2) is 24.4 Å². The summed E-state index contributed by atoms with van der Waals surface area (Å²) in [6.45, 7) is 2.22. The zero-order valence-corrected chi connectivity index (χ0v) is 12.4. The van der Waals surface area contributed by atoms with E-state index in [1.54, 1.807) is 21.1 Å². The number of nitrogens with one attached hydrogen (secondary N) is 1. The fourth-order valence-electron chi connectivity index (χ4n) is 1.57. The first-order valence-corrected chi connectivity index (χ1v) is 6.38. The molecule has 0 atom stereocenters. The van der Waals surface area contributed by atoms with Gasteiger partial charge < -0.3 is 19.3 Å². The van der Waals surface area contributed by atoms with Gasteiger partial charge >= 0.3 is 0 Å². The molecule has 0 radical (unpaired) electrons. The van der Waals surface area contributed by atoms with E-state index in [4.69, 9.17) is 14.0 Å². The highest BCUT2D eigenvalue weighted by atomic mass is 79.9. The molecule has 0 saturated heterocycles. The Hall–Kier alpha value is -1.76. The number of aryl methyl sites for hydroxylation is 1. The van der Waals surface area contributed by atoms with Crippen LogP contribution in [0.5, 0.6) is 11.5 Å². The number of anilines is 1. The lowest BCUT2D eigenvalue weighted by atomic mass is 10.2. The minimum Gasteiger partial charge on any atom is -0.493 e. The van der Waals surface area contributed by atoms with Crippen molar-refractivity contribution in [1.82, 2.24) is 10.1 Å². The van der Waals surface area contributed by atoms with Crippen molar-refractivity contribution in [2.45, 2.75) is 13.5 Å². The van der Waals surface area contributed by atoms with Crippen LogP contribution in [0.4, 0.5) is 5.69 Å². The minimum absolute atomic E-state index is 0.439. The number of nitrogens with zero attached hydrogens (tertiary/aromatic N) is 2. The number of hydrogen-bond acceptors (Lipinski definition) is 6. The monoisotopic (exact) mass is 327 g/mol. The zero-order chi connectivity index (χ0) is 13.8. The zero-order valence-electron chi connectivity index (χ0n) is 10.9. The van der Waals surface area contributed by atoms with E-state index in [9.17, 15) is 0 Å². The fraction of sp³-hybridized carbons (Fsp3) is 0.333. The maximum Gasteiger partial charge on any atom is 0.245 e. The summed E-state index contributed by atoms with van der Waals surface area (Å²) in [6.07, 6.45) is 0. The second-order valence-corrected chi connectivity index (χ2v) is 4.63. The average molecular weight is 328 g/mol. The van der Waals surface area contributed by atoms with Crippen LogP contribution < -0.4 is 14.8 Å². The minimum atomic E-state index is 0.439. The Balaban J connectivity index is 2.15. The molecule has 2 aromatic rings. The highest BCUT2D eigenvalue weighted by Crippen LogP contribution is 2.36. The average Bonchev–Trinajstić information content (AvgIpc) is 2.82. The molecule has 0 amide bonds. The van der Waals surface area contributed by atoms with Crippen molar-refractivity contribution >= 4 is 21.6 Å². The van der Waals surface area contributed by atoms with Crippen LogP contribution in [0.25, 0.3) is 0 Å². The van der Waals surface area contributed by atoms with E-state index in [-0.39, 0.29) is 0 Å². The molecule has 1 heterocycles. The second-order valence-electron chi connectivity index (χ2n) is 3.78. The van der Waals surface area contributed by atoms with Crippen molar-refractivity contribution in [3.63, 3.8) is 0 Å². The van der Waals surface area contributed by atoms with E-state index in [0.717, 1.165) is 10.2 Å². The van der Waals surface area contributed by atoms with Crippen LogP contribution in [0.3, 0.4) is 0 Å². The molecular weight excluding hydrogens is 314 g/mol. The van der Waals surface area contributed by atoms with Crippen molar-refractivity contribution < 1.29 is 14.0 Å². The third-order valence-electron chi connectivity index (χ3n) is 2.47. The highest BCUT2D eigenvalue weighted by Gasteiger charge is 2.10. The lowest BCUT2D eigenvalue weighted by molar-refractivity contribution is 0.355. The van der Waals surface area contributed by atoms with Crippen molar-refractivity contribution in [3.05, 3.63) is 28.3 Å². The van der Waals surface area contributed by atoms with Gasteiger partial charge in [-0.1, -0.05) is 5.16 Å². The quantitative estimate of drug-likeness (QED) is 0.910. The summed E-state index contributed by atoms with van der Waals surface area (Å²) in [5.41, 5.74) is 0.855. The first-order chi connectivity index (χ1) is 9.13. The summed E-state index contributed by atoms with van der Waals surface area (Å²) in [4.78, 5) is 4.12. The van der Waals surface area contributed by atoms with Gasteiger partial charge in [0.1, 0.15) is 0 Å². The summed E-state index contributed by atoms with van der Waals surface area (Å²) in [6, 6.07) is 3.67. The summed E-state index contributed by atoms with van der Waals surface area (Å²) < 4.78 is 16.4. The van der Waals surface area contributed by atoms with E-state index < -0.39 is 0 Å². The van der Waals surface area contributed by atoms with Gasteiger partial charge in [-0.3, -0.25) is 0 Å². The molecule has 6 nitrogen and oxygen atoms in total. The van der Waals surface area contributed by atoms with Crippen molar-refractivity contribution in [2.75, 3.05) is 19.5 Å². The predicted molar refractivity (Wildman–Crippen MR) is 73.6 cm³/mol. The molecule has 1 aromatic heterocycles. The molecule has 0 aliphatic heterocycles. The van der Waals surface area contributed by atoms with E-state index in [2.05, 4.69) is 31.4 Å². The van der Waals surface area contributed by atoms with E-state index in [0.29, 0.717) is 29.8 Å². The number of ether oxygens (including phenoxy) is 2. The van der Waals surface area contributed by atoms with Gasteiger partial charge in [0.25, 0.3) is 0 Å². The molecule has 0 saturated carbocycles. The SMILES string of the molecule is COc1cc(Br)c(NCc2nc(C)no2)cc1OC. The lowest BCUT2D eigenvalue weighted by Gasteiger charge is -2.12. The molecule has 0 aliphatic rings. The normalized spacial score (nSPS) is 10.3. The highest BCUT2D eigenvalue weighted by molar-refractivity contribution is 9.10. The summed E-state index contributed by atoms with van der Waals surface area (Å²) in [5, 5.41) is 6.92. The molecule has 102 valence electrons. The van der Waals surface area contributed by atoms with Crippen LogP contribution in [0.1, 0.15) is 11.7 Å². The van der Waals surface area contributed by atoms with E-state index in [1.807, 2.05) is 12.1 Å². The van der Waals surface area contributed by atoms with Crippen LogP contribution >= 0.6 is 15.9 Å². The van der Waals surface area contributed by atoms with Crippen LogP contribution in [0.15, 0.2) is 21.1 Å². The first kappa shape index (κ1) is 13.7. The fourth-order valence-corrected chi connectivity index (χ4v) is 2.03. The molecular formula is C12H14BrN3O3. The Morgan fingerprint density at radius 2 is 1.95 bits per heavy atom. The predicted octanol–water partition coefficient (Wildman–Crippen LogP) is 2.77. The largest absolute Gasteiger partial charge is 0.493 e. The van der Waals surface area contributed by atoms with Gasteiger partial charge in [-0.15, -0.1) is 0 Å². The van der Waals surface area contributed by atoms with Gasteiger partial charge in [0, 0.05) is 16.6 Å². The van der Waals surface area contributed by atoms with E-state index in [1.165, 1.54) is 0 Å². The standard InChI is InChI=1S/C12H14BrN3O3/c1-7-15-12(19-16-7)6-14-9-5-11(18-3)10(17-2)4-8(9)13/h4-5,14H,6H2,1-3H3. The maximum absolute atomic E-state index is 5.25. The van der Waals surface area contributed by atoms with Gasteiger partial charge in [-0.25, -0.2) is 0 Å². The van der Waals surface area contributed by atoms with Crippen molar-refractivity contribution in [3.8, 4) is 11.5 Å². The Kier molecular flexibility index (Phi) is 4.26. The van der Waals surface area contributed by atoms with Gasteiger partial charge in [-0.2, -0.15) is 4.98 Å². The molecule has 1 N–H and O–H groups in total. The van der Waals surface area contributed by atoms with Gasteiger partial charge in [0.05, 0.1) is 26.5 Å². The Bertz CT molecular complexity index is 571. The molecule has 2 rings (SSSR count). The number of halogens is 1. The molecule has 0 fully saturated rings. The number of benzene rings is 1. The number of methoxy groups -OCH3 is 2. The molecule has 1 aromatic carbocycles. The number of aromatic nitrogens is 2. The molecule has 0 bridgehead atoms. The van der Waals surface area contributed by atoms with Crippen LogP contribution in [-0.2, 0) is 6.54 Å². The molecule has 0 aliphatic carbocycles. The van der Waals surface area contributed by atoms with Crippen molar-refractivity contribution in [1.29, 1.82) is 0 Å². The summed E-state index contributed by atoms with van der Waals surface area (Å²) >= 11 is 3.47. The Labute approximate surface area is 119 Å². The summed E-state index contributed by atoms with van der Waals surface area (Å²) in [5.74, 6) is 2.45. The third kappa shape index (κ3) is 3.17. The Morgan fingerprint density at radius 3 is 2.53 bits per heavy atom. The van der Waals surface area contributed by atoms with Crippen LogP contribution in [0, 0.1) is 6.92 Å². The van der Waals surface area contributed by atoms with E-state index >= 15 is 0 Å². The molecule has 0 unspecified atom stereocenters. The summed E-state index contributed by atoms with van der Waals surface area (Å²) in [7, 11) is 3.19. The Morgan fingerprint density at radius 1 is 1.26 bits per heavy atom. The lowest BCUT2D eigenvalue weighted by Crippen LogP contribution is -2.01. The molecule has 7 heteroatoms.